The van der Waals surface area contributed by atoms with E-state index in [9.17, 15) is 13.6 Å². The van der Waals surface area contributed by atoms with E-state index in [-0.39, 0.29) is 30.1 Å². The van der Waals surface area contributed by atoms with Crippen molar-refractivity contribution in [2.24, 2.45) is 0 Å². The lowest BCUT2D eigenvalue weighted by molar-refractivity contribution is 0.0925. The van der Waals surface area contributed by atoms with Crippen molar-refractivity contribution in [3.63, 3.8) is 0 Å². The Labute approximate surface area is 169 Å². The number of carbonyl (C=O) groups is 1. The molecule has 1 aromatic heterocycles. The smallest absolute Gasteiger partial charge is 0.251 e. The number of halogens is 3. The summed E-state index contributed by atoms with van der Waals surface area (Å²) >= 11 is 0. The first-order chi connectivity index (χ1) is 12.9. The number of hydrogen-bond donors (Lipinski definition) is 2. The molecule has 1 heterocycles. The fourth-order valence-electron chi connectivity index (χ4n) is 3.19. The van der Waals surface area contributed by atoms with E-state index in [1.54, 1.807) is 6.20 Å². The molecule has 6 nitrogen and oxygen atoms in total. The second-order valence-electron chi connectivity index (χ2n) is 6.96. The van der Waals surface area contributed by atoms with Gasteiger partial charge < -0.3 is 15.5 Å². The molecular formula is C19H24ClF2N5O. The summed E-state index contributed by atoms with van der Waals surface area (Å²) in [6, 6.07) is 4.88. The lowest BCUT2D eigenvalue weighted by Gasteiger charge is -2.29. The number of anilines is 2. The molecule has 2 aromatic rings. The lowest BCUT2D eigenvalue weighted by atomic mass is 9.91. The number of aromatic nitrogens is 2. The average Bonchev–Trinajstić information content (AvgIpc) is 2.63. The van der Waals surface area contributed by atoms with Crippen LogP contribution < -0.4 is 15.5 Å². The number of nitrogens with one attached hydrogen (secondary N) is 2. The normalized spacial score (nSPS) is 18.7. The van der Waals surface area contributed by atoms with Crippen LogP contribution in [0.4, 0.5) is 20.5 Å². The number of amides is 1. The molecule has 1 saturated carbocycles. The van der Waals surface area contributed by atoms with Gasteiger partial charge in [0.05, 0.1) is 0 Å². The van der Waals surface area contributed by atoms with Gasteiger partial charge in [0, 0.05) is 44.0 Å². The Morgan fingerprint density at radius 2 is 1.68 bits per heavy atom. The Morgan fingerprint density at radius 1 is 1.07 bits per heavy atom. The second-order valence-corrected chi connectivity index (χ2v) is 6.96. The molecule has 0 spiro atoms. The quantitative estimate of drug-likeness (QED) is 0.789. The predicted octanol–water partition coefficient (Wildman–Crippen LogP) is 3.40. The van der Waals surface area contributed by atoms with Gasteiger partial charge in [-0.05, 0) is 43.9 Å². The Balaban J connectivity index is 0.00000280. The molecule has 0 radical (unpaired) electrons. The van der Waals surface area contributed by atoms with Crippen molar-refractivity contribution >= 4 is 30.1 Å². The van der Waals surface area contributed by atoms with Gasteiger partial charge >= 0.3 is 0 Å². The first-order valence-electron chi connectivity index (χ1n) is 8.94. The Bertz CT molecular complexity index is 792. The van der Waals surface area contributed by atoms with E-state index in [4.69, 9.17) is 0 Å². The van der Waals surface area contributed by atoms with Gasteiger partial charge in [0.25, 0.3) is 5.91 Å². The molecule has 9 heteroatoms. The Hall–Kier alpha value is -2.48. The van der Waals surface area contributed by atoms with Gasteiger partial charge in [0.2, 0.25) is 5.95 Å². The summed E-state index contributed by atoms with van der Waals surface area (Å²) in [5, 5.41) is 6.20. The third-order valence-corrected chi connectivity index (χ3v) is 4.62. The Morgan fingerprint density at radius 3 is 2.29 bits per heavy atom. The van der Waals surface area contributed by atoms with Crippen LogP contribution in [0, 0.1) is 11.6 Å². The maximum atomic E-state index is 13.3. The largest absolute Gasteiger partial charge is 0.363 e. The van der Waals surface area contributed by atoms with Crippen molar-refractivity contribution in [1.29, 1.82) is 0 Å². The maximum absolute atomic E-state index is 13.3. The number of nitrogens with zero attached hydrogens (tertiary/aromatic N) is 3. The maximum Gasteiger partial charge on any atom is 0.251 e. The van der Waals surface area contributed by atoms with E-state index >= 15 is 0 Å². The summed E-state index contributed by atoms with van der Waals surface area (Å²) in [4.78, 5) is 22.8. The molecule has 28 heavy (non-hydrogen) atoms. The summed E-state index contributed by atoms with van der Waals surface area (Å²) in [6.07, 6.45) is 4.95. The van der Waals surface area contributed by atoms with E-state index in [2.05, 4.69) is 20.6 Å². The fraction of sp³-hybridized carbons (Fsp3) is 0.421. The highest BCUT2D eigenvalue weighted by molar-refractivity contribution is 5.94. The molecular weight excluding hydrogens is 388 g/mol. The van der Waals surface area contributed by atoms with Crippen LogP contribution in [0.25, 0.3) is 0 Å². The Kier molecular flexibility index (Phi) is 7.51. The third kappa shape index (κ3) is 5.76. The zero-order valence-electron chi connectivity index (χ0n) is 15.8. The highest BCUT2D eigenvalue weighted by atomic mass is 35.5. The van der Waals surface area contributed by atoms with Gasteiger partial charge in [-0.2, -0.15) is 4.98 Å². The standard InChI is InChI=1S/C19H23F2N5O.ClH/c1-26(2)17-7-8-22-19(25-17)24-16-5-3-15(4-6-16)23-18(27)12-9-13(20)11-14(21)10-12;/h7-11,15-16H,3-6H2,1-2H3,(H,23,27)(H,22,24,25);1H. The van der Waals surface area contributed by atoms with Crippen LogP contribution in [0.2, 0.25) is 0 Å². The molecule has 1 aliphatic rings. The highest BCUT2D eigenvalue weighted by Crippen LogP contribution is 2.22. The molecule has 0 atom stereocenters. The topological polar surface area (TPSA) is 70.2 Å². The first-order valence-corrected chi connectivity index (χ1v) is 8.94. The fourth-order valence-corrected chi connectivity index (χ4v) is 3.19. The molecule has 1 aromatic carbocycles. The summed E-state index contributed by atoms with van der Waals surface area (Å²) in [5.74, 6) is -0.549. The van der Waals surface area contributed by atoms with Crippen LogP contribution in [-0.4, -0.2) is 42.1 Å². The van der Waals surface area contributed by atoms with E-state index in [0.717, 1.165) is 49.7 Å². The van der Waals surface area contributed by atoms with Crippen LogP contribution in [-0.2, 0) is 0 Å². The van der Waals surface area contributed by atoms with Gasteiger partial charge in [-0.15, -0.1) is 12.4 Å². The van der Waals surface area contributed by atoms with Crippen LogP contribution in [0.1, 0.15) is 36.0 Å². The first kappa shape index (κ1) is 21.8. The molecule has 2 N–H and O–H groups in total. The SMILES string of the molecule is CN(C)c1ccnc(NC2CCC(NC(=O)c3cc(F)cc(F)c3)CC2)n1.Cl. The summed E-state index contributed by atoms with van der Waals surface area (Å²) in [6.45, 7) is 0. The predicted molar refractivity (Wildman–Crippen MR) is 107 cm³/mol. The van der Waals surface area contributed by atoms with Crippen LogP contribution in [0.15, 0.2) is 30.5 Å². The highest BCUT2D eigenvalue weighted by Gasteiger charge is 2.23. The van der Waals surface area contributed by atoms with E-state index < -0.39 is 17.5 Å². The zero-order chi connectivity index (χ0) is 19.4. The molecule has 0 bridgehead atoms. The van der Waals surface area contributed by atoms with Gasteiger partial charge in [-0.25, -0.2) is 13.8 Å². The molecule has 1 fully saturated rings. The lowest BCUT2D eigenvalue weighted by Crippen LogP contribution is -2.40. The molecule has 152 valence electrons. The summed E-state index contributed by atoms with van der Waals surface area (Å²) < 4.78 is 26.5. The molecule has 3 rings (SSSR count). The molecule has 1 aliphatic carbocycles. The zero-order valence-corrected chi connectivity index (χ0v) is 16.6. The molecule has 1 amide bonds. The van der Waals surface area contributed by atoms with E-state index in [0.29, 0.717) is 5.95 Å². The monoisotopic (exact) mass is 411 g/mol. The second kappa shape index (κ2) is 9.64. The number of hydrogen-bond acceptors (Lipinski definition) is 5. The number of carbonyl (C=O) groups excluding carboxylic acids is 1. The van der Waals surface area contributed by atoms with Crippen molar-refractivity contribution in [1.82, 2.24) is 15.3 Å². The average molecular weight is 412 g/mol. The summed E-state index contributed by atoms with van der Waals surface area (Å²) in [5.41, 5.74) is 0.00153. The van der Waals surface area contributed by atoms with Gasteiger partial charge in [-0.3, -0.25) is 4.79 Å². The third-order valence-electron chi connectivity index (χ3n) is 4.62. The van der Waals surface area contributed by atoms with Crippen molar-refractivity contribution < 1.29 is 13.6 Å². The summed E-state index contributed by atoms with van der Waals surface area (Å²) in [7, 11) is 3.84. The molecule has 0 saturated heterocycles. The molecule has 0 aliphatic heterocycles. The van der Waals surface area contributed by atoms with Crippen molar-refractivity contribution in [2.75, 3.05) is 24.3 Å². The van der Waals surface area contributed by atoms with Crippen molar-refractivity contribution in [3.8, 4) is 0 Å². The van der Waals surface area contributed by atoms with Crippen molar-refractivity contribution in [2.45, 2.75) is 37.8 Å². The van der Waals surface area contributed by atoms with E-state index in [1.165, 1.54) is 0 Å². The molecule has 0 unspecified atom stereocenters. The van der Waals surface area contributed by atoms with Gasteiger partial charge in [0.15, 0.2) is 0 Å². The van der Waals surface area contributed by atoms with Crippen LogP contribution in [0.5, 0.6) is 0 Å². The minimum atomic E-state index is -0.756. The van der Waals surface area contributed by atoms with Crippen LogP contribution in [0.3, 0.4) is 0 Å². The van der Waals surface area contributed by atoms with E-state index in [1.807, 2.05) is 25.1 Å². The number of rotatable bonds is 5. The minimum absolute atomic E-state index is 0. The van der Waals surface area contributed by atoms with Crippen molar-refractivity contribution in [3.05, 3.63) is 47.7 Å². The van der Waals surface area contributed by atoms with Gasteiger partial charge in [-0.1, -0.05) is 0 Å². The number of benzene rings is 1. The minimum Gasteiger partial charge on any atom is -0.363 e. The van der Waals surface area contributed by atoms with Crippen LogP contribution >= 0.6 is 12.4 Å². The van der Waals surface area contributed by atoms with Gasteiger partial charge in [0.1, 0.15) is 17.5 Å².